The zero-order valence-electron chi connectivity index (χ0n) is 18.4. The molecule has 0 radical (unpaired) electrons. The lowest BCUT2D eigenvalue weighted by molar-refractivity contribution is -0.136. The zero-order valence-corrected chi connectivity index (χ0v) is 19.3. The minimum Gasteiger partial charge on any atom is -0.494 e. The number of ether oxygens (including phenoxy) is 1. The molecule has 10 heteroatoms. The van der Waals surface area contributed by atoms with Gasteiger partial charge in [0.25, 0.3) is 0 Å². The predicted octanol–water partition coefficient (Wildman–Crippen LogP) is 3.47. The van der Waals surface area contributed by atoms with Gasteiger partial charge in [0.1, 0.15) is 11.6 Å². The number of aliphatic carboxylic acids is 1. The highest BCUT2D eigenvalue weighted by Gasteiger charge is 2.40. The van der Waals surface area contributed by atoms with Crippen LogP contribution in [0.5, 0.6) is 5.75 Å². The van der Waals surface area contributed by atoms with Crippen LogP contribution in [0.4, 0.5) is 4.39 Å². The Balaban J connectivity index is 1.69. The van der Waals surface area contributed by atoms with Gasteiger partial charge >= 0.3 is 5.97 Å². The number of benzene rings is 2. The van der Waals surface area contributed by atoms with E-state index in [1.165, 1.54) is 28.6 Å². The smallest absolute Gasteiger partial charge is 0.309 e. The quantitative estimate of drug-likeness (QED) is 0.535. The molecule has 1 saturated heterocycles. The molecule has 176 valence electrons. The van der Waals surface area contributed by atoms with Crippen LogP contribution >= 0.6 is 0 Å². The number of fused-ring (bicyclic) bond motifs is 1. The van der Waals surface area contributed by atoms with Crippen molar-refractivity contribution in [3.8, 4) is 5.75 Å². The van der Waals surface area contributed by atoms with Crippen LogP contribution in [0.15, 0.2) is 47.4 Å². The normalized spacial score (nSPS) is 19.2. The molecule has 0 amide bonds. The highest BCUT2D eigenvalue weighted by Crippen LogP contribution is 2.36. The van der Waals surface area contributed by atoms with Crippen LogP contribution in [-0.2, 0) is 21.2 Å². The minimum absolute atomic E-state index is 0.0340. The number of rotatable bonds is 8. The Bertz CT molecular complexity index is 1270. The minimum atomic E-state index is -3.74. The van der Waals surface area contributed by atoms with Gasteiger partial charge < -0.3 is 9.84 Å². The van der Waals surface area contributed by atoms with Gasteiger partial charge in [0.05, 0.1) is 35.2 Å². The maximum atomic E-state index is 13.9. The number of nitrogens with zero attached hydrogens (tertiary/aromatic N) is 3. The summed E-state index contributed by atoms with van der Waals surface area (Å²) in [5.41, 5.74) is 0.857. The molecule has 1 aromatic heterocycles. The summed E-state index contributed by atoms with van der Waals surface area (Å²) in [7, 11) is -3.74. The first-order chi connectivity index (χ1) is 15.7. The van der Waals surface area contributed by atoms with Crippen LogP contribution in [-0.4, -0.2) is 53.3 Å². The number of carboxylic acid groups (broad SMARTS) is 1. The van der Waals surface area contributed by atoms with Crippen molar-refractivity contribution in [2.45, 2.75) is 37.6 Å². The Labute approximate surface area is 191 Å². The molecule has 8 nitrogen and oxygen atoms in total. The highest BCUT2D eigenvalue weighted by molar-refractivity contribution is 7.89. The molecule has 3 aromatic rings. The Morgan fingerprint density at radius 1 is 1.18 bits per heavy atom. The van der Waals surface area contributed by atoms with Gasteiger partial charge in [-0.05, 0) is 61.7 Å². The third-order valence-electron chi connectivity index (χ3n) is 6.05. The number of sulfonamides is 1. The summed E-state index contributed by atoms with van der Waals surface area (Å²) in [5.74, 6) is -0.979. The van der Waals surface area contributed by atoms with Crippen LogP contribution < -0.4 is 4.74 Å². The van der Waals surface area contributed by atoms with Gasteiger partial charge in [-0.1, -0.05) is 6.92 Å². The summed E-state index contributed by atoms with van der Waals surface area (Å²) in [4.78, 5) is 11.5. The van der Waals surface area contributed by atoms with Gasteiger partial charge in [-0.25, -0.2) is 12.8 Å². The van der Waals surface area contributed by atoms with Gasteiger partial charge in [-0.15, -0.1) is 0 Å². The van der Waals surface area contributed by atoms with E-state index >= 15 is 0 Å². The molecule has 0 bridgehead atoms. The van der Waals surface area contributed by atoms with Crippen molar-refractivity contribution >= 4 is 26.9 Å². The average Bonchev–Trinajstić information content (AvgIpc) is 3.36. The topological polar surface area (TPSA) is 102 Å². The molecule has 1 aliphatic heterocycles. The summed E-state index contributed by atoms with van der Waals surface area (Å²) in [6.07, 6.45) is 0.363. The van der Waals surface area contributed by atoms with E-state index in [2.05, 4.69) is 5.10 Å². The van der Waals surface area contributed by atoms with Crippen LogP contribution in [0.25, 0.3) is 10.9 Å². The van der Waals surface area contributed by atoms with Crippen molar-refractivity contribution in [1.82, 2.24) is 14.1 Å². The third-order valence-corrected chi connectivity index (χ3v) is 7.89. The SMILES string of the molecule is CCOc1ccc(S(=O)(=O)N2C[C@@H](CC)[C@@H](n3nc(CC(=O)O)c4cc(F)ccc43)C2)cc1. The highest BCUT2D eigenvalue weighted by atomic mass is 32.2. The number of hydrogen-bond donors (Lipinski definition) is 1. The molecule has 0 unspecified atom stereocenters. The Hall–Kier alpha value is -2.98. The molecule has 4 rings (SSSR count). The van der Waals surface area contributed by atoms with Crippen LogP contribution in [0.2, 0.25) is 0 Å². The number of hydrogen-bond acceptors (Lipinski definition) is 5. The van der Waals surface area contributed by atoms with Crippen LogP contribution in [0.3, 0.4) is 0 Å². The van der Waals surface area contributed by atoms with Crippen molar-refractivity contribution in [3.05, 3.63) is 54.0 Å². The maximum Gasteiger partial charge on any atom is 0.309 e. The summed E-state index contributed by atoms with van der Waals surface area (Å²) >= 11 is 0. The van der Waals surface area contributed by atoms with E-state index < -0.39 is 21.8 Å². The van der Waals surface area contributed by atoms with E-state index in [1.807, 2.05) is 13.8 Å². The van der Waals surface area contributed by atoms with E-state index in [-0.39, 0.29) is 35.5 Å². The van der Waals surface area contributed by atoms with E-state index in [0.717, 1.165) is 0 Å². The molecule has 33 heavy (non-hydrogen) atoms. The zero-order chi connectivity index (χ0) is 23.8. The number of aromatic nitrogens is 2. The number of halogens is 1. The van der Waals surface area contributed by atoms with Gasteiger partial charge in [0.15, 0.2) is 0 Å². The van der Waals surface area contributed by atoms with Gasteiger partial charge in [0.2, 0.25) is 10.0 Å². The number of carboxylic acids is 1. The van der Waals surface area contributed by atoms with E-state index in [0.29, 0.717) is 36.2 Å². The van der Waals surface area contributed by atoms with Gasteiger partial charge in [0, 0.05) is 18.5 Å². The molecule has 2 atom stereocenters. The fraction of sp³-hybridized carbons (Fsp3) is 0.391. The van der Waals surface area contributed by atoms with Crippen LogP contribution in [0, 0.1) is 11.7 Å². The standard InChI is InChI=1S/C23H26FN3O5S/c1-3-15-13-26(33(30,31)18-8-6-17(7-9-18)32-4-2)14-22(15)27-21-10-5-16(24)11-19(21)20(25-27)12-23(28)29/h5-11,15,22H,3-4,12-14H2,1-2H3,(H,28,29)/t15-,22+/m1/s1. The first-order valence-corrected chi connectivity index (χ1v) is 12.3. The molecule has 1 fully saturated rings. The van der Waals surface area contributed by atoms with Crippen molar-refractivity contribution < 1.29 is 27.4 Å². The van der Waals surface area contributed by atoms with Gasteiger partial charge in [-0.2, -0.15) is 9.40 Å². The maximum absolute atomic E-state index is 13.9. The van der Waals surface area contributed by atoms with Gasteiger partial charge in [-0.3, -0.25) is 9.48 Å². The van der Waals surface area contributed by atoms with Crippen LogP contribution in [0.1, 0.15) is 32.0 Å². The first kappa shape index (κ1) is 23.2. The molecule has 0 saturated carbocycles. The fourth-order valence-electron chi connectivity index (χ4n) is 4.42. The lowest BCUT2D eigenvalue weighted by atomic mass is 10.0. The van der Waals surface area contributed by atoms with Crippen molar-refractivity contribution in [2.24, 2.45) is 5.92 Å². The third kappa shape index (κ3) is 4.45. The summed E-state index contributed by atoms with van der Waals surface area (Å²) in [5, 5.41) is 14.2. The summed E-state index contributed by atoms with van der Waals surface area (Å²) in [6, 6.07) is 10.2. The lowest BCUT2D eigenvalue weighted by Crippen LogP contribution is -2.29. The molecular formula is C23H26FN3O5S. The predicted molar refractivity (Wildman–Crippen MR) is 120 cm³/mol. The second kappa shape index (κ2) is 9.11. The molecule has 1 aliphatic rings. The Kier molecular flexibility index (Phi) is 6.40. The lowest BCUT2D eigenvalue weighted by Gasteiger charge is -2.18. The van der Waals surface area contributed by atoms with E-state index in [1.54, 1.807) is 22.9 Å². The molecule has 0 aliphatic carbocycles. The molecule has 1 N–H and O–H groups in total. The average molecular weight is 476 g/mol. The molecule has 2 aromatic carbocycles. The first-order valence-electron chi connectivity index (χ1n) is 10.9. The summed E-state index contributed by atoms with van der Waals surface area (Å²) in [6.45, 7) is 4.83. The largest absolute Gasteiger partial charge is 0.494 e. The fourth-order valence-corrected chi connectivity index (χ4v) is 5.93. The Morgan fingerprint density at radius 3 is 2.55 bits per heavy atom. The van der Waals surface area contributed by atoms with Crippen molar-refractivity contribution in [2.75, 3.05) is 19.7 Å². The second-order valence-electron chi connectivity index (χ2n) is 8.09. The molecular weight excluding hydrogens is 449 g/mol. The van der Waals surface area contributed by atoms with Crippen molar-refractivity contribution in [1.29, 1.82) is 0 Å². The van der Waals surface area contributed by atoms with E-state index in [4.69, 9.17) is 4.74 Å². The summed E-state index contributed by atoms with van der Waals surface area (Å²) < 4.78 is 49.1. The second-order valence-corrected chi connectivity index (χ2v) is 10.0. The van der Waals surface area contributed by atoms with Crippen molar-refractivity contribution in [3.63, 3.8) is 0 Å². The monoisotopic (exact) mass is 475 g/mol. The molecule has 0 spiro atoms. The molecule has 2 heterocycles. The van der Waals surface area contributed by atoms with E-state index in [9.17, 15) is 22.7 Å². The Morgan fingerprint density at radius 2 is 1.91 bits per heavy atom. The number of carbonyl (C=O) groups is 1.